The molecule has 0 aliphatic carbocycles. The SMILES string of the molecule is CCCCCCCCC=CCCCCCCCCOC(=O)c1ccc(C(=O)OCCCCCCCCCCCCCCCC)cc1. The minimum atomic E-state index is -0.324. The van der Waals surface area contributed by atoms with Crippen LogP contribution in [-0.4, -0.2) is 25.2 Å². The highest BCUT2D eigenvalue weighted by Crippen LogP contribution is 2.14. The van der Waals surface area contributed by atoms with Crippen molar-refractivity contribution in [1.29, 1.82) is 0 Å². The van der Waals surface area contributed by atoms with Gasteiger partial charge in [-0.15, -0.1) is 0 Å². The molecule has 0 spiro atoms. The molecule has 1 aromatic rings. The second kappa shape index (κ2) is 32.8. The molecule has 0 N–H and O–H groups in total. The van der Waals surface area contributed by atoms with Crippen molar-refractivity contribution in [2.45, 2.75) is 194 Å². The molecule has 0 radical (unpaired) electrons. The third-order valence-electron chi connectivity index (χ3n) is 8.98. The van der Waals surface area contributed by atoms with Gasteiger partial charge in [0.05, 0.1) is 24.3 Å². The standard InChI is InChI=1S/C42H72O4/c1-3-5-7-9-11-13-15-17-19-20-22-24-26-28-30-32-38-46-42(44)40-35-33-39(34-36-40)41(43)45-37-31-29-27-25-23-21-18-16-14-12-10-8-6-4-2/h17,19,33-36H,3-16,18,20-32,37-38H2,1-2H3. The minimum absolute atomic E-state index is 0.321. The summed E-state index contributed by atoms with van der Waals surface area (Å²) in [5.41, 5.74) is 0.961. The first-order valence-electron chi connectivity index (χ1n) is 19.8. The first kappa shape index (κ1) is 41.9. The summed E-state index contributed by atoms with van der Waals surface area (Å²) in [5.74, 6) is -0.645. The van der Waals surface area contributed by atoms with Gasteiger partial charge >= 0.3 is 11.9 Å². The minimum Gasteiger partial charge on any atom is -0.462 e. The molecule has 264 valence electrons. The van der Waals surface area contributed by atoms with Crippen LogP contribution in [0.1, 0.15) is 214 Å². The number of rotatable bonds is 33. The number of ether oxygens (including phenoxy) is 2. The molecule has 0 atom stereocenters. The van der Waals surface area contributed by atoms with Crippen LogP contribution < -0.4 is 0 Å². The second-order valence-electron chi connectivity index (χ2n) is 13.4. The molecular formula is C42H72O4. The fourth-order valence-corrected chi connectivity index (χ4v) is 5.88. The topological polar surface area (TPSA) is 52.6 Å². The van der Waals surface area contributed by atoms with Crippen LogP contribution in [0, 0.1) is 0 Å². The maximum atomic E-state index is 12.4. The average molecular weight is 641 g/mol. The fourth-order valence-electron chi connectivity index (χ4n) is 5.88. The van der Waals surface area contributed by atoms with E-state index in [1.165, 1.54) is 154 Å². The quantitative estimate of drug-likeness (QED) is 0.0436. The summed E-state index contributed by atoms with van der Waals surface area (Å²) in [6, 6.07) is 6.64. The lowest BCUT2D eigenvalue weighted by atomic mass is 10.0. The van der Waals surface area contributed by atoms with E-state index in [0.717, 1.165) is 25.7 Å². The Morgan fingerprint density at radius 3 is 0.978 bits per heavy atom. The molecule has 46 heavy (non-hydrogen) atoms. The molecule has 0 unspecified atom stereocenters. The number of esters is 2. The summed E-state index contributed by atoms with van der Waals surface area (Å²) in [6.07, 6.45) is 40.6. The Hall–Kier alpha value is -2.10. The van der Waals surface area contributed by atoms with Crippen LogP contribution in [-0.2, 0) is 9.47 Å². The summed E-state index contributed by atoms with van der Waals surface area (Å²) in [7, 11) is 0. The lowest BCUT2D eigenvalue weighted by molar-refractivity contribution is 0.0483. The van der Waals surface area contributed by atoms with Gasteiger partial charge in [0.2, 0.25) is 0 Å². The fraction of sp³-hybridized carbons (Fsp3) is 0.762. The summed E-state index contributed by atoms with van der Waals surface area (Å²) in [5, 5.41) is 0. The molecule has 0 bridgehead atoms. The van der Waals surface area contributed by atoms with Gasteiger partial charge in [-0.2, -0.15) is 0 Å². The van der Waals surface area contributed by atoms with Gasteiger partial charge in [-0.25, -0.2) is 9.59 Å². The Balaban J connectivity index is 1.95. The van der Waals surface area contributed by atoms with Gasteiger partial charge in [-0.05, 0) is 62.8 Å². The van der Waals surface area contributed by atoms with E-state index in [0.29, 0.717) is 24.3 Å². The molecule has 0 amide bonds. The number of hydrogen-bond acceptors (Lipinski definition) is 4. The van der Waals surface area contributed by atoms with Crippen molar-refractivity contribution in [2.24, 2.45) is 0 Å². The molecule has 1 aromatic carbocycles. The molecule has 0 heterocycles. The molecule has 4 heteroatoms. The lowest BCUT2D eigenvalue weighted by Crippen LogP contribution is -2.09. The second-order valence-corrected chi connectivity index (χ2v) is 13.4. The van der Waals surface area contributed by atoms with E-state index < -0.39 is 0 Å². The molecular weight excluding hydrogens is 568 g/mol. The Bertz CT molecular complexity index is 844. The largest absolute Gasteiger partial charge is 0.462 e. The van der Waals surface area contributed by atoms with E-state index in [1.807, 2.05) is 0 Å². The molecule has 0 fully saturated rings. The zero-order valence-corrected chi connectivity index (χ0v) is 30.3. The summed E-state index contributed by atoms with van der Waals surface area (Å²) in [4.78, 5) is 24.7. The number of carbonyl (C=O) groups excluding carboxylic acids is 2. The first-order valence-corrected chi connectivity index (χ1v) is 19.8. The van der Waals surface area contributed by atoms with Crippen LogP contribution in [0.4, 0.5) is 0 Å². The van der Waals surface area contributed by atoms with Gasteiger partial charge in [0, 0.05) is 0 Å². The third kappa shape index (κ3) is 26.0. The van der Waals surface area contributed by atoms with Crippen LogP contribution in [0.15, 0.2) is 36.4 Å². The lowest BCUT2D eigenvalue weighted by Gasteiger charge is -2.07. The Morgan fingerprint density at radius 2 is 0.674 bits per heavy atom. The van der Waals surface area contributed by atoms with E-state index in [1.54, 1.807) is 24.3 Å². The van der Waals surface area contributed by atoms with Gasteiger partial charge in [0.1, 0.15) is 0 Å². The monoisotopic (exact) mass is 641 g/mol. The average Bonchev–Trinajstić information content (AvgIpc) is 3.07. The Labute approximate surface area is 284 Å². The molecule has 0 aromatic heterocycles. The predicted octanol–water partition coefficient (Wildman–Crippen LogP) is 13.5. The van der Waals surface area contributed by atoms with Gasteiger partial charge in [0.25, 0.3) is 0 Å². The van der Waals surface area contributed by atoms with E-state index in [4.69, 9.17) is 9.47 Å². The zero-order valence-electron chi connectivity index (χ0n) is 30.3. The molecule has 0 aliphatic rings. The van der Waals surface area contributed by atoms with Crippen LogP contribution in [0.25, 0.3) is 0 Å². The molecule has 1 rings (SSSR count). The third-order valence-corrected chi connectivity index (χ3v) is 8.98. The van der Waals surface area contributed by atoms with Crippen molar-refractivity contribution in [2.75, 3.05) is 13.2 Å². The maximum Gasteiger partial charge on any atom is 0.338 e. The normalized spacial score (nSPS) is 11.3. The van der Waals surface area contributed by atoms with Crippen molar-refractivity contribution >= 4 is 11.9 Å². The number of carbonyl (C=O) groups is 2. The van der Waals surface area contributed by atoms with Crippen molar-refractivity contribution < 1.29 is 19.1 Å². The number of allylic oxidation sites excluding steroid dienone is 2. The highest BCUT2D eigenvalue weighted by molar-refractivity contribution is 5.93. The van der Waals surface area contributed by atoms with E-state index in [-0.39, 0.29) is 11.9 Å². The van der Waals surface area contributed by atoms with E-state index >= 15 is 0 Å². The van der Waals surface area contributed by atoms with Crippen molar-refractivity contribution in [3.8, 4) is 0 Å². The van der Waals surface area contributed by atoms with Crippen molar-refractivity contribution in [3.63, 3.8) is 0 Å². The highest BCUT2D eigenvalue weighted by Gasteiger charge is 2.11. The number of unbranched alkanes of at least 4 members (excludes halogenated alkanes) is 25. The molecule has 0 saturated heterocycles. The smallest absolute Gasteiger partial charge is 0.338 e. The van der Waals surface area contributed by atoms with Gasteiger partial charge in [0.15, 0.2) is 0 Å². The van der Waals surface area contributed by atoms with Gasteiger partial charge in [-0.1, -0.05) is 167 Å². The van der Waals surface area contributed by atoms with Crippen LogP contribution >= 0.6 is 0 Å². The summed E-state index contributed by atoms with van der Waals surface area (Å²) in [6.45, 7) is 5.44. The van der Waals surface area contributed by atoms with Crippen LogP contribution in [0.3, 0.4) is 0 Å². The zero-order chi connectivity index (χ0) is 33.2. The van der Waals surface area contributed by atoms with E-state index in [2.05, 4.69) is 26.0 Å². The maximum absolute atomic E-state index is 12.4. The molecule has 0 aliphatic heterocycles. The molecule has 4 nitrogen and oxygen atoms in total. The number of benzene rings is 1. The Morgan fingerprint density at radius 1 is 0.413 bits per heavy atom. The number of hydrogen-bond donors (Lipinski definition) is 0. The predicted molar refractivity (Wildman–Crippen MR) is 197 cm³/mol. The van der Waals surface area contributed by atoms with Gasteiger partial charge < -0.3 is 9.47 Å². The van der Waals surface area contributed by atoms with E-state index in [9.17, 15) is 9.59 Å². The van der Waals surface area contributed by atoms with Crippen molar-refractivity contribution in [3.05, 3.63) is 47.5 Å². The summed E-state index contributed by atoms with van der Waals surface area (Å²) >= 11 is 0. The first-order chi connectivity index (χ1) is 22.7. The van der Waals surface area contributed by atoms with Crippen molar-refractivity contribution in [1.82, 2.24) is 0 Å². The Kier molecular flexibility index (Phi) is 29.9. The van der Waals surface area contributed by atoms with Gasteiger partial charge in [-0.3, -0.25) is 0 Å². The van der Waals surface area contributed by atoms with Crippen LogP contribution in [0.5, 0.6) is 0 Å². The highest BCUT2D eigenvalue weighted by atomic mass is 16.5. The summed E-state index contributed by atoms with van der Waals surface area (Å²) < 4.78 is 10.9. The molecule has 0 saturated carbocycles. The van der Waals surface area contributed by atoms with Crippen LogP contribution in [0.2, 0.25) is 0 Å².